The number of oxazole rings is 1. The number of aryl methyl sites for hydroxylation is 1. The Kier molecular flexibility index (Phi) is 6.13. The van der Waals surface area contributed by atoms with Crippen molar-refractivity contribution >= 4 is 15.7 Å². The summed E-state index contributed by atoms with van der Waals surface area (Å²) in [6, 6.07) is 24.2. The molecule has 4 aromatic rings. The van der Waals surface area contributed by atoms with Crippen molar-refractivity contribution in [3.8, 4) is 11.5 Å². The Morgan fingerprint density at radius 3 is 2.15 bits per heavy atom. The minimum atomic E-state index is -3.87. The summed E-state index contributed by atoms with van der Waals surface area (Å²) in [4.78, 5) is 4.60. The number of anilines is 1. The molecule has 0 radical (unpaired) electrons. The van der Waals surface area contributed by atoms with Gasteiger partial charge in [-0.2, -0.15) is 4.98 Å². The number of rotatable bonds is 6. The van der Waals surface area contributed by atoms with Crippen LogP contribution >= 0.6 is 0 Å². The lowest BCUT2D eigenvalue weighted by Crippen LogP contribution is -2.11. The molecule has 3 aromatic carbocycles. The molecule has 0 fully saturated rings. The van der Waals surface area contributed by atoms with Crippen molar-refractivity contribution in [2.45, 2.75) is 49.6 Å². The first-order valence-corrected chi connectivity index (χ1v) is 12.3. The van der Waals surface area contributed by atoms with E-state index in [4.69, 9.17) is 4.42 Å². The summed E-state index contributed by atoms with van der Waals surface area (Å²) < 4.78 is 32.8. The smallest absolute Gasteiger partial charge is 0.234 e. The number of nitrogens with one attached hydrogen (secondary N) is 1. The van der Waals surface area contributed by atoms with E-state index in [1.165, 1.54) is 5.56 Å². The van der Waals surface area contributed by atoms with Crippen LogP contribution in [0.1, 0.15) is 37.5 Å². The fourth-order valence-corrected chi connectivity index (χ4v) is 4.84. The molecule has 33 heavy (non-hydrogen) atoms. The highest BCUT2D eigenvalue weighted by molar-refractivity contribution is 7.91. The van der Waals surface area contributed by atoms with Gasteiger partial charge < -0.3 is 9.73 Å². The second kappa shape index (κ2) is 8.87. The van der Waals surface area contributed by atoms with Crippen LogP contribution in [0.4, 0.5) is 5.88 Å². The summed E-state index contributed by atoms with van der Waals surface area (Å²) >= 11 is 0. The van der Waals surface area contributed by atoms with E-state index in [9.17, 15) is 8.42 Å². The molecule has 0 unspecified atom stereocenters. The second-order valence-electron chi connectivity index (χ2n) is 9.09. The molecule has 1 aromatic heterocycles. The molecule has 0 saturated carbocycles. The first-order chi connectivity index (χ1) is 15.7. The fourth-order valence-electron chi connectivity index (χ4n) is 3.54. The van der Waals surface area contributed by atoms with Gasteiger partial charge in [0.25, 0.3) is 0 Å². The molecule has 170 valence electrons. The summed E-state index contributed by atoms with van der Waals surface area (Å²) in [5.74, 6) is 0.408. The van der Waals surface area contributed by atoms with E-state index in [0.29, 0.717) is 6.54 Å². The van der Waals surface area contributed by atoms with Crippen molar-refractivity contribution in [2.24, 2.45) is 0 Å². The van der Waals surface area contributed by atoms with E-state index >= 15 is 0 Å². The lowest BCUT2D eigenvalue weighted by Gasteiger charge is -2.19. The standard InChI is InChI=1S/C27H28N2O3S/c1-19-10-8-9-13-23(19)24-29-26(33(30,31)22-11-6-5-7-12-22)25(32-24)28-18-20-14-16-21(17-15-20)27(2,3)4/h5-17,28H,18H2,1-4H3. The predicted molar refractivity (Wildman–Crippen MR) is 131 cm³/mol. The van der Waals surface area contributed by atoms with Crippen LogP contribution in [0.3, 0.4) is 0 Å². The molecule has 6 heteroatoms. The van der Waals surface area contributed by atoms with Crippen LogP contribution in [-0.4, -0.2) is 13.4 Å². The SMILES string of the molecule is Cc1ccccc1-c1nc(S(=O)(=O)c2ccccc2)c(NCc2ccc(C(C)(C)C)cc2)o1. The van der Waals surface area contributed by atoms with Gasteiger partial charge in [-0.15, -0.1) is 0 Å². The Morgan fingerprint density at radius 2 is 1.52 bits per heavy atom. The van der Waals surface area contributed by atoms with Gasteiger partial charge in [-0.1, -0.05) is 81.4 Å². The molecule has 1 N–H and O–H groups in total. The molecule has 4 rings (SSSR count). The number of sulfone groups is 1. The fraction of sp³-hybridized carbons (Fsp3) is 0.222. The van der Waals surface area contributed by atoms with Crippen LogP contribution in [0.2, 0.25) is 0 Å². The summed E-state index contributed by atoms with van der Waals surface area (Å²) in [5, 5.41) is 3.05. The molecule has 0 bridgehead atoms. The minimum absolute atomic E-state index is 0.0657. The maximum atomic E-state index is 13.4. The third-order valence-corrected chi connectivity index (χ3v) is 7.23. The largest absolute Gasteiger partial charge is 0.419 e. The summed E-state index contributed by atoms with van der Waals surface area (Å²) in [6.45, 7) is 8.85. The highest BCUT2D eigenvalue weighted by atomic mass is 32.2. The lowest BCUT2D eigenvalue weighted by atomic mass is 9.87. The van der Waals surface area contributed by atoms with E-state index in [1.54, 1.807) is 30.3 Å². The molecule has 0 aliphatic heterocycles. The van der Waals surface area contributed by atoms with Gasteiger partial charge >= 0.3 is 0 Å². The first-order valence-electron chi connectivity index (χ1n) is 10.9. The Bertz CT molecular complexity index is 1350. The molecule has 0 aliphatic rings. The summed E-state index contributed by atoms with van der Waals surface area (Å²) in [5.41, 5.74) is 4.02. The van der Waals surface area contributed by atoms with Gasteiger partial charge in [0, 0.05) is 12.1 Å². The molecule has 0 atom stereocenters. The number of benzene rings is 3. The van der Waals surface area contributed by atoms with Crippen molar-refractivity contribution in [1.82, 2.24) is 4.98 Å². The monoisotopic (exact) mass is 460 g/mol. The maximum absolute atomic E-state index is 13.4. The van der Waals surface area contributed by atoms with Crippen LogP contribution in [0, 0.1) is 6.92 Å². The van der Waals surface area contributed by atoms with Crippen molar-refractivity contribution in [3.05, 3.63) is 95.6 Å². The zero-order chi connectivity index (χ0) is 23.6. The highest BCUT2D eigenvalue weighted by Crippen LogP contribution is 2.33. The van der Waals surface area contributed by atoms with Crippen LogP contribution in [0.25, 0.3) is 11.5 Å². The molecule has 0 saturated heterocycles. The van der Waals surface area contributed by atoms with Gasteiger partial charge in [0.05, 0.1) is 4.90 Å². The summed E-state index contributed by atoms with van der Waals surface area (Å²) in [7, 11) is -3.87. The normalized spacial score (nSPS) is 12.0. The minimum Gasteiger partial charge on any atom is -0.419 e. The number of nitrogens with zero attached hydrogens (tertiary/aromatic N) is 1. The van der Waals surface area contributed by atoms with Crippen LogP contribution in [0.15, 0.2) is 93.2 Å². The molecule has 5 nitrogen and oxygen atoms in total. The van der Waals surface area contributed by atoms with E-state index in [2.05, 4.69) is 43.2 Å². The van der Waals surface area contributed by atoms with Crippen molar-refractivity contribution in [2.75, 3.05) is 5.32 Å². The molecular formula is C27H28N2O3S. The third-order valence-electron chi connectivity index (χ3n) is 5.55. The molecule has 0 amide bonds. The molecule has 0 spiro atoms. The van der Waals surface area contributed by atoms with Crippen LogP contribution < -0.4 is 5.32 Å². The van der Waals surface area contributed by atoms with E-state index in [-0.39, 0.29) is 27.1 Å². The molecular weight excluding hydrogens is 432 g/mol. The highest BCUT2D eigenvalue weighted by Gasteiger charge is 2.28. The van der Waals surface area contributed by atoms with Crippen molar-refractivity contribution in [1.29, 1.82) is 0 Å². The summed E-state index contributed by atoms with van der Waals surface area (Å²) in [6.07, 6.45) is 0. The first kappa shape index (κ1) is 22.8. The van der Waals surface area contributed by atoms with Crippen molar-refractivity contribution < 1.29 is 12.8 Å². The number of hydrogen-bond donors (Lipinski definition) is 1. The van der Waals surface area contributed by atoms with Crippen LogP contribution in [0.5, 0.6) is 0 Å². The Hall–Kier alpha value is -3.38. The van der Waals surface area contributed by atoms with Gasteiger partial charge in [0.2, 0.25) is 26.6 Å². The van der Waals surface area contributed by atoms with Gasteiger partial charge in [-0.25, -0.2) is 8.42 Å². The van der Waals surface area contributed by atoms with Crippen molar-refractivity contribution in [3.63, 3.8) is 0 Å². The van der Waals surface area contributed by atoms with E-state index in [1.807, 2.05) is 43.3 Å². The van der Waals surface area contributed by atoms with Gasteiger partial charge in [-0.05, 0) is 47.2 Å². The Morgan fingerprint density at radius 1 is 0.879 bits per heavy atom. The predicted octanol–water partition coefficient (Wildman–Crippen LogP) is 6.39. The zero-order valence-electron chi connectivity index (χ0n) is 19.3. The third kappa shape index (κ3) is 4.86. The van der Waals surface area contributed by atoms with Crippen LogP contribution in [-0.2, 0) is 21.8 Å². The van der Waals surface area contributed by atoms with E-state index < -0.39 is 9.84 Å². The van der Waals surface area contributed by atoms with Gasteiger partial charge in [0.1, 0.15) is 0 Å². The van der Waals surface area contributed by atoms with Gasteiger partial charge in [-0.3, -0.25) is 0 Å². The average Bonchev–Trinajstić information content (AvgIpc) is 3.23. The van der Waals surface area contributed by atoms with E-state index in [0.717, 1.165) is 16.7 Å². The Balaban J connectivity index is 1.71. The topological polar surface area (TPSA) is 72.2 Å². The molecule has 1 heterocycles. The zero-order valence-corrected chi connectivity index (χ0v) is 20.1. The quantitative estimate of drug-likeness (QED) is 0.361. The number of hydrogen-bond acceptors (Lipinski definition) is 5. The maximum Gasteiger partial charge on any atom is 0.234 e. The Labute approximate surface area is 195 Å². The number of aromatic nitrogens is 1. The lowest BCUT2D eigenvalue weighted by molar-refractivity contribution is 0.576. The van der Waals surface area contributed by atoms with Gasteiger partial charge in [0.15, 0.2) is 0 Å². The average molecular weight is 461 g/mol. The second-order valence-corrected chi connectivity index (χ2v) is 11.0. The molecule has 0 aliphatic carbocycles.